The summed E-state index contributed by atoms with van der Waals surface area (Å²) < 4.78 is 1.55. The molecule has 9 heteroatoms. The van der Waals surface area contributed by atoms with Crippen molar-refractivity contribution < 1.29 is 4.79 Å². The van der Waals surface area contributed by atoms with Crippen LogP contribution < -0.4 is 5.32 Å². The van der Waals surface area contributed by atoms with Gasteiger partial charge in [-0.2, -0.15) is 10.1 Å². The predicted octanol–water partition coefficient (Wildman–Crippen LogP) is -0.0866. The molecule has 0 aliphatic carbocycles. The summed E-state index contributed by atoms with van der Waals surface area (Å²) in [5.41, 5.74) is 0.872. The molecule has 108 valence electrons. The van der Waals surface area contributed by atoms with Gasteiger partial charge in [0.15, 0.2) is 0 Å². The van der Waals surface area contributed by atoms with Crippen LogP contribution >= 0.6 is 0 Å². The van der Waals surface area contributed by atoms with E-state index in [2.05, 4.69) is 35.6 Å². The monoisotopic (exact) mass is 286 g/mol. The van der Waals surface area contributed by atoms with Gasteiger partial charge in [-0.25, -0.2) is 14.5 Å². The first-order chi connectivity index (χ1) is 10.2. The topological polar surface area (TPSA) is 114 Å². The van der Waals surface area contributed by atoms with E-state index in [1.807, 2.05) is 6.92 Å². The summed E-state index contributed by atoms with van der Waals surface area (Å²) in [6, 6.07) is 1.81. The molecule has 3 aromatic heterocycles. The van der Waals surface area contributed by atoms with Crippen molar-refractivity contribution in [1.82, 2.24) is 40.1 Å². The largest absolute Gasteiger partial charge is 0.349 e. The van der Waals surface area contributed by atoms with Crippen LogP contribution in [-0.4, -0.2) is 47.2 Å². The Hall–Kier alpha value is -2.84. The zero-order chi connectivity index (χ0) is 14.7. The molecule has 0 atom stereocenters. The number of aromatic nitrogens is 7. The van der Waals surface area contributed by atoms with Gasteiger partial charge in [0.2, 0.25) is 5.82 Å². The first-order valence-electron chi connectivity index (χ1n) is 6.55. The van der Waals surface area contributed by atoms with Gasteiger partial charge in [0.25, 0.3) is 11.7 Å². The maximum absolute atomic E-state index is 12.0. The Labute approximate surface area is 119 Å². The lowest BCUT2D eigenvalue weighted by Crippen LogP contribution is -2.26. The van der Waals surface area contributed by atoms with Crippen LogP contribution in [0.25, 0.3) is 5.78 Å². The highest BCUT2D eigenvalue weighted by Crippen LogP contribution is 2.01. The smallest absolute Gasteiger partial charge is 0.291 e. The van der Waals surface area contributed by atoms with E-state index in [1.54, 1.807) is 16.8 Å². The van der Waals surface area contributed by atoms with E-state index in [-0.39, 0.29) is 11.7 Å². The van der Waals surface area contributed by atoms with Crippen LogP contribution in [0.1, 0.15) is 28.6 Å². The average molecular weight is 286 g/mol. The molecule has 0 fully saturated rings. The zero-order valence-electron chi connectivity index (χ0n) is 11.4. The summed E-state index contributed by atoms with van der Waals surface area (Å²) in [6.07, 6.45) is 4.58. The van der Waals surface area contributed by atoms with Crippen molar-refractivity contribution in [2.24, 2.45) is 0 Å². The van der Waals surface area contributed by atoms with Crippen molar-refractivity contribution in [3.63, 3.8) is 0 Å². The third-order valence-electron chi connectivity index (χ3n) is 2.97. The summed E-state index contributed by atoms with van der Waals surface area (Å²) in [6.45, 7) is 2.39. The van der Waals surface area contributed by atoms with Gasteiger partial charge in [-0.3, -0.25) is 9.89 Å². The Morgan fingerprint density at radius 2 is 2.33 bits per heavy atom. The molecule has 3 rings (SSSR count). The normalized spacial score (nSPS) is 10.9. The highest BCUT2D eigenvalue weighted by molar-refractivity contribution is 5.90. The van der Waals surface area contributed by atoms with E-state index in [1.165, 1.54) is 6.33 Å². The third kappa shape index (κ3) is 2.86. The standard InChI is InChI=1S/C12H14N8O/c1-8-4-6-14-12-17-10(19-20(8)12)11(21)13-5-2-3-9-15-7-16-18-9/h4,6-7H,2-3,5H2,1H3,(H,13,21)(H,15,16,18). The molecule has 0 aliphatic heterocycles. The molecular weight excluding hydrogens is 272 g/mol. The fraction of sp³-hybridized carbons (Fsp3) is 0.333. The number of carbonyl (C=O) groups is 1. The number of aromatic amines is 1. The molecule has 9 nitrogen and oxygen atoms in total. The van der Waals surface area contributed by atoms with Crippen LogP contribution in [0.3, 0.4) is 0 Å². The van der Waals surface area contributed by atoms with Crippen LogP contribution in [0, 0.1) is 6.92 Å². The second kappa shape index (κ2) is 5.65. The molecule has 0 saturated carbocycles. The summed E-state index contributed by atoms with van der Waals surface area (Å²) in [5, 5.41) is 13.5. The number of carbonyl (C=O) groups excluding carboxylic acids is 1. The number of aryl methyl sites for hydroxylation is 2. The first kappa shape index (κ1) is 13.2. The van der Waals surface area contributed by atoms with Crippen LogP contribution in [0.5, 0.6) is 0 Å². The molecule has 0 unspecified atom stereocenters. The molecule has 0 radical (unpaired) electrons. The maximum Gasteiger partial charge on any atom is 0.291 e. The first-order valence-corrected chi connectivity index (χ1v) is 6.55. The number of nitrogens with zero attached hydrogens (tertiary/aromatic N) is 6. The quantitative estimate of drug-likeness (QED) is 0.634. The Kier molecular flexibility index (Phi) is 3.54. The van der Waals surface area contributed by atoms with Crippen LogP contribution in [-0.2, 0) is 6.42 Å². The lowest BCUT2D eigenvalue weighted by molar-refractivity contribution is 0.0943. The number of fused-ring (bicyclic) bond motifs is 1. The van der Waals surface area contributed by atoms with Gasteiger partial charge in [-0.05, 0) is 19.4 Å². The zero-order valence-corrected chi connectivity index (χ0v) is 11.4. The molecule has 0 bridgehead atoms. The van der Waals surface area contributed by atoms with E-state index in [9.17, 15) is 4.79 Å². The Balaban J connectivity index is 1.58. The SMILES string of the molecule is Cc1ccnc2nc(C(=O)NCCCc3ncn[nH]3)nn12. The molecule has 1 amide bonds. The minimum Gasteiger partial charge on any atom is -0.349 e. The molecule has 3 aromatic rings. The van der Waals surface area contributed by atoms with Crippen molar-refractivity contribution in [1.29, 1.82) is 0 Å². The van der Waals surface area contributed by atoms with Crippen molar-refractivity contribution in [2.75, 3.05) is 6.54 Å². The highest BCUT2D eigenvalue weighted by Gasteiger charge is 2.13. The fourth-order valence-electron chi connectivity index (χ4n) is 1.89. The van der Waals surface area contributed by atoms with Crippen LogP contribution in [0.4, 0.5) is 0 Å². The molecule has 0 aliphatic rings. The average Bonchev–Trinajstić information content (AvgIpc) is 3.13. The minimum absolute atomic E-state index is 0.122. The van der Waals surface area contributed by atoms with E-state index in [0.29, 0.717) is 12.3 Å². The number of nitrogens with one attached hydrogen (secondary N) is 2. The number of hydrogen-bond acceptors (Lipinski definition) is 6. The van der Waals surface area contributed by atoms with Crippen LogP contribution in [0.2, 0.25) is 0 Å². The van der Waals surface area contributed by atoms with Gasteiger partial charge in [0.1, 0.15) is 12.2 Å². The summed E-state index contributed by atoms with van der Waals surface area (Å²) in [5.74, 6) is 1.03. The Morgan fingerprint density at radius 1 is 1.43 bits per heavy atom. The summed E-state index contributed by atoms with van der Waals surface area (Å²) in [4.78, 5) is 24.2. The molecule has 0 spiro atoms. The van der Waals surface area contributed by atoms with Crippen molar-refractivity contribution in [3.05, 3.63) is 35.9 Å². The third-order valence-corrected chi connectivity index (χ3v) is 2.97. The minimum atomic E-state index is -0.308. The van der Waals surface area contributed by atoms with Crippen molar-refractivity contribution in [3.8, 4) is 0 Å². The van der Waals surface area contributed by atoms with Gasteiger partial charge in [0.05, 0.1) is 0 Å². The Bertz CT molecular complexity index is 748. The number of hydrogen-bond donors (Lipinski definition) is 2. The summed E-state index contributed by atoms with van der Waals surface area (Å²) in [7, 11) is 0. The fourth-order valence-corrected chi connectivity index (χ4v) is 1.89. The highest BCUT2D eigenvalue weighted by atomic mass is 16.2. The number of amides is 1. The van der Waals surface area contributed by atoms with Gasteiger partial charge in [0, 0.05) is 24.9 Å². The van der Waals surface area contributed by atoms with Gasteiger partial charge >= 0.3 is 0 Å². The van der Waals surface area contributed by atoms with E-state index in [4.69, 9.17) is 0 Å². The molecule has 21 heavy (non-hydrogen) atoms. The second-order valence-corrected chi connectivity index (χ2v) is 4.53. The summed E-state index contributed by atoms with van der Waals surface area (Å²) >= 11 is 0. The van der Waals surface area contributed by atoms with Crippen molar-refractivity contribution in [2.45, 2.75) is 19.8 Å². The van der Waals surface area contributed by atoms with E-state index < -0.39 is 0 Å². The lowest BCUT2D eigenvalue weighted by Gasteiger charge is -2.00. The molecular formula is C12H14N8O. The number of H-pyrrole nitrogens is 1. The lowest BCUT2D eigenvalue weighted by atomic mass is 10.3. The van der Waals surface area contributed by atoms with Gasteiger partial charge in [-0.15, -0.1) is 5.10 Å². The maximum atomic E-state index is 12.0. The van der Waals surface area contributed by atoms with Gasteiger partial charge < -0.3 is 5.32 Å². The van der Waals surface area contributed by atoms with E-state index >= 15 is 0 Å². The second-order valence-electron chi connectivity index (χ2n) is 4.53. The van der Waals surface area contributed by atoms with Gasteiger partial charge in [-0.1, -0.05) is 0 Å². The van der Waals surface area contributed by atoms with Crippen LogP contribution in [0.15, 0.2) is 18.6 Å². The molecule has 3 heterocycles. The van der Waals surface area contributed by atoms with E-state index in [0.717, 1.165) is 24.4 Å². The predicted molar refractivity (Wildman–Crippen MR) is 72.6 cm³/mol. The molecule has 0 saturated heterocycles. The molecule has 2 N–H and O–H groups in total. The van der Waals surface area contributed by atoms with Crippen molar-refractivity contribution >= 4 is 11.7 Å². The Morgan fingerprint density at radius 3 is 3.10 bits per heavy atom. The number of rotatable bonds is 5. The molecule has 0 aromatic carbocycles.